The molecule has 1 aliphatic carbocycles. The van der Waals surface area contributed by atoms with Gasteiger partial charge >= 0.3 is 11.7 Å². The molecule has 92 valence electrons. The van der Waals surface area contributed by atoms with Crippen molar-refractivity contribution in [2.45, 2.75) is 32.2 Å². The minimum absolute atomic E-state index is 0.000748. The summed E-state index contributed by atoms with van der Waals surface area (Å²) < 4.78 is 1.14. The summed E-state index contributed by atoms with van der Waals surface area (Å²) in [5.74, 6) is -1.02. The molecule has 0 amide bonds. The Labute approximate surface area is 96.9 Å². The number of aromatic nitrogens is 2. The third-order valence-corrected chi connectivity index (χ3v) is 3.04. The van der Waals surface area contributed by atoms with E-state index in [0.29, 0.717) is 12.0 Å². The van der Waals surface area contributed by atoms with Crippen LogP contribution in [0.25, 0.3) is 0 Å². The van der Waals surface area contributed by atoms with Gasteiger partial charge in [-0.3, -0.25) is 14.3 Å². The van der Waals surface area contributed by atoms with E-state index in [1.54, 1.807) is 6.92 Å². The van der Waals surface area contributed by atoms with Crippen LogP contribution in [0.2, 0.25) is 0 Å². The topological polar surface area (TPSA) is 92.2 Å². The molecule has 6 nitrogen and oxygen atoms in total. The number of nitrogens with one attached hydrogen (secondary N) is 1. The van der Waals surface area contributed by atoms with Crippen molar-refractivity contribution in [2.24, 2.45) is 5.92 Å². The number of nitrogens with zero attached hydrogens (tertiary/aromatic N) is 1. The van der Waals surface area contributed by atoms with Crippen molar-refractivity contribution in [3.63, 3.8) is 0 Å². The molecule has 0 spiro atoms. The number of H-pyrrole nitrogens is 1. The lowest BCUT2D eigenvalue weighted by Gasteiger charge is -2.14. The summed E-state index contributed by atoms with van der Waals surface area (Å²) in [5, 5.41) is 9.14. The highest BCUT2D eigenvalue weighted by Crippen LogP contribution is 2.39. The van der Waals surface area contributed by atoms with E-state index in [2.05, 4.69) is 4.98 Å². The second-order valence-electron chi connectivity index (χ2n) is 4.29. The number of hydrogen-bond donors (Lipinski definition) is 2. The predicted octanol–water partition coefficient (Wildman–Crippen LogP) is 0.135. The van der Waals surface area contributed by atoms with Crippen molar-refractivity contribution >= 4 is 5.97 Å². The van der Waals surface area contributed by atoms with Crippen molar-refractivity contribution < 1.29 is 9.90 Å². The van der Waals surface area contributed by atoms with Gasteiger partial charge < -0.3 is 5.11 Å². The predicted molar refractivity (Wildman–Crippen MR) is 60.1 cm³/mol. The molecule has 2 rings (SSSR count). The largest absolute Gasteiger partial charge is 0.480 e. The van der Waals surface area contributed by atoms with E-state index in [9.17, 15) is 14.4 Å². The molecule has 0 aliphatic heterocycles. The van der Waals surface area contributed by atoms with Gasteiger partial charge in [0.1, 0.15) is 6.04 Å². The molecule has 1 fully saturated rings. The fourth-order valence-corrected chi connectivity index (χ4v) is 1.95. The zero-order chi connectivity index (χ0) is 12.6. The molecule has 1 aromatic rings. The highest BCUT2D eigenvalue weighted by Gasteiger charge is 2.38. The summed E-state index contributed by atoms with van der Waals surface area (Å²) in [7, 11) is 0. The van der Waals surface area contributed by atoms with Crippen LogP contribution in [0.4, 0.5) is 0 Å². The molecule has 0 radical (unpaired) electrons. The number of aryl methyl sites for hydroxylation is 1. The first-order valence-corrected chi connectivity index (χ1v) is 5.61. The van der Waals surface area contributed by atoms with E-state index >= 15 is 0 Å². The highest BCUT2D eigenvalue weighted by atomic mass is 16.4. The Morgan fingerprint density at radius 2 is 2.24 bits per heavy atom. The van der Waals surface area contributed by atoms with Crippen molar-refractivity contribution in [3.8, 4) is 0 Å². The molecule has 0 saturated heterocycles. The summed E-state index contributed by atoms with van der Waals surface area (Å²) in [6, 6.07) is -0.857. The molecule has 1 atom stereocenters. The van der Waals surface area contributed by atoms with Crippen molar-refractivity contribution in [1.82, 2.24) is 9.55 Å². The lowest BCUT2D eigenvalue weighted by atomic mass is 10.1. The molecule has 0 bridgehead atoms. The van der Waals surface area contributed by atoms with Gasteiger partial charge in [0.25, 0.3) is 5.56 Å². The average Bonchev–Trinajstić information content (AvgIpc) is 3.05. The van der Waals surface area contributed by atoms with Crippen LogP contribution in [0, 0.1) is 5.92 Å². The molecule has 0 aromatic carbocycles. The molecule has 6 heteroatoms. The zero-order valence-electron chi connectivity index (χ0n) is 9.47. The van der Waals surface area contributed by atoms with E-state index < -0.39 is 23.3 Å². The smallest absolute Gasteiger partial charge is 0.329 e. The fraction of sp³-hybridized carbons (Fsp3) is 0.545. The number of aromatic amines is 1. The van der Waals surface area contributed by atoms with Gasteiger partial charge in [-0.15, -0.1) is 0 Å². The Bertz CT molecular complexity index is 553. The van der Waals surface area contributed by atoms with Crippen molar-refractivity contribution in [2.75, 3.05) is 0 Å². The van der Waals surface area contributed by atoms with Crippen LogP contribution in [-0.4, -0.2) is 20.6 Å². The molecule has 1 saturated carbocycles. The number of rotatable bonds is 4. The third-order valence-electron chi connectivity index (χ3n) is 3.04. The quantitative estimate of drug-likeness (QED) is 0.780. The molecule has 1 aliphatic rings. The third kappa shape index (κ3) is 2.15. The van der Waals surface area contributed by atoms with Crippen LogP contribution in [0.15, 0.2) is 15.8 Å². The van der Waals surface area contributed by atoms with Crippen molar-refractivity contribution in [3.05, 3.63) is 32.6 Å². The summed E-state index contributed by atoms with van der Waals surface area (Å²) in [6.45, 7) is 1.78. The van der Waals surface area contributed by atoms with Crippen LogP contribution in [0.1, 0.15) is 31.4 Å². The monoisotopic (exact) mass is 238 g/mol. The molecule has 1 aromatic heterocycles. The number of carboxylic acids is 1. The second kappa shape index (κ2) is 4.20. The van der Waals surface area contributed by atoms with Crippen molar-refractivity contribution in [1.29, 1.82) is 0 Å². The van der Waals surface area contributed by atoms with Gasteiger partial charge in [0, 0.05) is 11.8 Å². The molecule has 1 unspecified atom stereocenters. The SMILES string of the molecule is CCc1cn(C(C(=O)O)C2CC2)c(=O)[nH]c1=O. The first-order chi connectivity index (χ1) is 8.04. The van der Waals surface area contributed by atoms with Crippen LogP contribution in [-0.2, 0) is 11.2 Å². The maximum absolute atomic E-state index is 11.6. The molecular formula is C11H14N2O4. The molecule has 17 heavy (non-hydrogen) atoms. The van der Waals surface area contributed by atoms with Gasteiger partial charge in [-0.05, 0) is 25.2 Å². The number of hydrogen-bond acceptors (Lipinski definition) is 3. The number of carboxylic acid groups (broad SMARTS) is 1. The Kier molecular flexibility index (Phi) is 2.87. The van der Waals surface area contributed by atoms with Crippen LogP contribution in [0.5, 0.6) is 0 Å². The van der Waals surface area contributed by atoms with Gasteiger partial charge in [-0.25, -0.2) is 9.59 Å². The zero-order valence-corrected chi connectivity index (χ0v) is 9.47. The number of aliphatic carboxylic acids is 1. The van der Waals surface area contributed by atoms with E-state index in [1.165, 1.54) is 6.20 Å². The summed E-state index contributed by atoms with van der Waals surface area (Å²) in [6.07, 6.45) is 3.46. The van der Waals surface area contributed by atoms with E-state index in [4.69, 9.17) is 5.11 Å². The van der Waals surface area contributed by atoms with Gasteiger partial charge in [0.2, 0.25) is 0 Å². The summed E-state index contributed by atoms with van der Waals surface area (Å²) in [4.78, 5) is 36.3. The minimum Gasteiger partial charge on any atom is -0.480 e. The van der Waals surface area contributed by atoms with Gasteiger partial charge in [-0.2, -0.15) is 0 Å². The lowest BCUT2D eigenvalue weighted by Crippen LogP contribution is -2.37. The maximum Gasteiger partial charge on any atom is 0.329 e. The normalized spacial score (nSPS) is 16.8. The Balaban J connectivity index is 2.53. The highest BCUT2D eigenvalue weighted by molar-refractivity contribution is 5.72. The maximum atomic E-state index is 11.6. The first kappa shape index (κ1) is 11.6. The number of carbonyl (C=O) groups is 1. The Hall–Kier alpha value is -1.85. The molecular weight excluding hydrogens is 224 g/mol. The van der Waals surface area contributed by atoms with E-state index in [-0.39, 0.29) is 5.92 Å². The minimum atomic E-state index is -1.02. The fourth-order valence-electron chi connectivity index (χ4n) is 1.95. The van der Waals surface area contributed by atoms with Gasteiger partial charge in [0.15, 0.2) is 0 Å². The Morgan fingerprint density at radius 1 is 1.59 bits per heavy atom. The van der Waals surface area contributed by atoms with Crippen LogP contribution < -0.4 is 11.2 Å². The van der Waals surface area contributed by atoms with Gasteiger partial charge in [-0.1, -0.05) is 6.92 Å². The summed E-state index contributed by atoms with van der Waals surface area (Å²) >= 11 is 0. The first-order valence-electron chi connectivity index (χ1n) is 5.61. The van der Waals surface area contributed by atoms with Gasteiger partial charge in [0.05, 0.1) is 0 Å². The average molecular weight is 238 g/mol. The van der Waals surface area contributed by atoms with Crippen LogP contribution >= 0.6 is 0 Å². The molecule has 1 heterocycles. The molecule has 2 N–H and O–H groups in total. The van der Waals surface area contributed by atoms with Crippen LogP contribution in [0.3, 0.4) is 0 Å². The lowest BCUT2D eigenvalue weighted by molar-refractivity contribution is -0.141. The van der Waals surface area contributed by atoms with E-state index in [0.717, 1.165) is 17.4 Å². The van der Waals surface area contributed by atoms with E-state index in [1.807, 2.05) is 0 Å². The standard InChI is InChI=1S/C11H14N2O4/c1-2-6-5-13(11(17)12-9(6)14)8(10(15)16)7-3-4-7/h5,7-8H,2-4H2,1H3,(H,15,16)(H,12,14,17). The Morgan fingerprint density at radius 3 is 2.71 bits per heavy atom. The second-order valence-corrected chi connectivity index (χ2v) is 4.29. The summed E-state index contributed by atoms with van der Waals surface area (Å²) in [5.41, 5.74) is -0.656.